The van der Waals surface area contributed by atoms with Crippen LogP contribution in [0.4, 0.5) is 0 Å². The molecule has 4 amide bonds. The van der Waals surface area contributed by atoms with Gasteiger partial charge in [0.05, 0.1) is 22.3 Å². The summed E-state index contributed by atoms with van der Waals surface area (Å²) in [5, 5.41) is -2.76. The van der Waals surface area contributed by atoms with E-state index in [1.54, 1.807) is 60.7 Å². The first kappa shape index (κ1) is 41.9. The molecular formula is C49H26N10O10S2. The Morgan fingerprint density at radius 2 is 0.775 bits per heavy atom. The minimum Gasteiger partial charge on any atom is -0.324 e. The monoisotopic (exact) mass is 978 g/mol. The second-order valence-corrected chi connectivity index (χ2v) is 19.5. The number of H-pyrrole nitrogens is 1. The number of amides is 4. The van der Waals surface area contributed by atoms with E-state index < -0.39 is 87.4 Å². The van der Waals surface area contributed by atoms with E-state index in [4.69, 9.17) is 29.9 Å². The van der Waals surface area contributed by atoms with Gasteiger partial charge in [-0.05, 0) is 24.3 Å². The van der Waals surface area contributed by atoms with Gasteiger partial charge in [0.25, 0.3) is 33.7 Å². The molecule has 3 aromatic heterocycles. The Hall–Kier alpha value is -9.22. The molecule has 9 aromatic rings. The van der Waals surface area contributed by atoms with Crippen LogP contribution in [0.15, 0.2) is 144 Å². The average molecular weight is 979 g/mol. The van der Waals surface area contributed by atoms with E-state index in [-0.39, 0.29) is 43.9 Å². The Bertz CT molecular complexity index is 4240. The molecule has 0 saturated heterocycles. The highest BCUT2D eigenvalue weighted by molar-refractivity contribution is 7.86. The van der Waals surface area contributed by atoms with Crippen LogP contribution in [-0.4, -0.2) is 98.8 Å². The second-order valence-electron chi connectivity index (χ2n) is 16.6. The maximum Gasteiger partial charge on any atom is 0.349 e. The molecule has 344 valence electrons. The van der Waals surface area contributed by atoms with Gasteiger partial charge in [-0.25, -0.2) is 39.7 Å². The number of nitrogens with zero attached hydrogens (tertiary/aromatic N) is 9. The fraction of sp³-hybridized carbons (Fsp3) is 0.0204. The zero-order chi connectivity index (χ0) is 48.9. The minimum atomic E-state index is -6.45. The van der Waals surface area contributed by atoms with Crippen LogP contribution >= 0.6 is 0 Å². The lowest BCUT2D eigenvalue weighted by molar-refractivity contribution is -0.00752. The molecule has 4 aliphatic rings. The van der Waals surface area contributed by atoms with Crippen LogP contribution in [0.2, 0.25) is 0 Å². The number of aromatic amines is 1. The number of carbonyl (C=O) groups is 4. The minimum absolute atomic E-state index is 0.0151. The third-order valence-electron chi connectivity index (χ3n) is 12.8. The molecule has 0 spiro atoms. The van der Waals surface area contributed by atoms with E-state index in [0.717, 1.165) is 18.2 Å². The molecule has 0 radical (unpaired) electrons. The Morgan fingerprint density at radius 3 is 1.21 bits per heavy atom. The predicted octanol–water partition coefficient (Wildman–Crippen LogP) is 6.64. The summed E-state index contributed by atoms with van der Waals surface area (Å²) in [6, 6.07) is 34.9. The van der Waals surface area contributed by atoms with E-state index in [0.29, 0.717) is 48.9 Å². The number of imide groups is 2. The molecular weight excluding hydrogens is 953 g/mol. The lowest BCUT2D eigenvalue weighted by Crippen LogP contribution is -2.69. The van der Waals surface area contributed by atoms with Crippen LogP contribution in [0.3, 0.4) is 0 Å². The number of fused-ring (bicyclic) bond motifs is 22. The largest absolute Gasteiger partial charge is 0.349 e. The van der Waals surface area contributed by atoms with Crippen molar-refractivity contribution in [2.45, 2.75) is 10.0 Å². The Labute approximate surface area is 398 Å². The summed E-state index contributed by atoms with van der Waals surface area (Å²) in [7, 11) is -11.8. The molecule has 1 unspecified atom stereocenters. The molecule has 1 atom stereocenters. The number of rotatable bonds is 5. The molecule has 0 aliphatic carbocycles. The van der Waals surface area contributed by atoms with E-state index >= 15 is 27.6 Å². The zero-order valence-electron chi connectivity index (χ0n) is 35.8. The second kappa shape index (κ2) is 14.4. The van der Waals surface area contributed by atoms with Crippen LogP contribution < -0.4 is 0 Å². The first-order valence-electron chi connectivity index (χ1n) is 21.3. The van der Waals surface area contributed by atoms with Crippen molar-refractivity contribution in [2.24, 2.45) is 0 Å². The number of nitrogens with one attached hydrogen (secondary N) is 1. The van der Waals surface area contributed by atoms with Crippen LogP contribution in [0.25, 0.3) is 89.7 Å². The summed E-state index contributed by atoms with van der Waals surface area (Å²) in [5.74, 6) is -6.24. The molecule has 20 nitrogen and oxygen atoms in total. The molecule has 0 saturated carbocycles. The summed E-state index contributed by atoms with van der Waals surface area (Å²) >= 11 is 0. The van der Waals surface area contributed by atoms with Crippen molar-refractivity contribution in [3.05, 3.63) is 162 Å². The van der Waals surface area contributed by atoms with Gasteiger partial charge in [-0.1, -0.05) is 115 Å². The van der Waals surface area contributed by atoms with Gasteiger partial charge in [-0.2, -0.15) is 16.8 Å². The van der Waals surface area contributed by atoms with Gasteiger partial charge in [0.1, 0.15) is 27.5 Å². The molecule has 8 bridgehead atoms. The van der Waals surface area contributed by atoms with E-state index in [2.05, 4.69) is 4.98 Å². The van der Waals surface area contributed by atoms with Gasteiger partial charge in [0.2, 0.25) is 0 Å². The topological polar surface area (TPSA) is 282 Å². The van der Waals surface area contributed by atoms with Gasteiger partial charge in [-0.3, -0.25) is 32.9 Å². The number of benzene rings is 6. The molecule has 0 fully saturated rings. The standard InChI is InChI=1S/C49H26N10O10S2/c60-45-32-20-9-10-21-33(32)46(61)58(45)49(71(67,68)69,59-47(62)34-22-11-23-35(70(64,65)66)36(34)48(59)63)57-43-30-18-7-8-19-31(30)44(57)56-42-29-17-6-4-15-27(29)40(54-42)52-38-25-13-2-1-12-24(25)37(50-38)51-39-26-14-3-5-16-28(26)41(53-39)55-43/h1-23H,(H,64,65,66)(H,67,68,69)(H,50,51,52,53,54,55,56). The van der Waals surface area contributed by atoms with Crippen LogP contribution in [-0.2, 0) is 25.4 Å². The smallest absolute Gasteiger partial charge is 0.324 e. The fourth-order valence-corrected chi connectivity index (χ4v) is 11.7. The first-order valence-corrected chi connectivity index (χ1v) is 24.2. The maximum atomic E-state index is 15.4. The molecule has 13 rings (SSSR count). The normalized spacial score (nSPS) is 15.0. The Morgan fingerprint density at radius 1 is 0.408 bits per heavy atom. The fourth-order valence-electron chi connectivity index (χ4n) is 9.80. The molecule has 6 aromatic carbocycles. The third-order valence-corrected chi connectivity index (χ3v) is 14.9. The first-order chi connectivity index (χ1) is 34.2. The molecule has 71 heavy (non-hydrogen) atoms. The van der Waals surface area contributed by atoms with Gasteiger partial charge < -0.3 is 4.98 Å². The van der Waals surface area contributed by atoms with Crippen LogP contribution in [0, 0.1) is 0 Å². The van der Waals surface area contributed by atoms with Crippen LogP contribution in [0.1, 0.15) is 41.4 Å². The highest BCUT2D eigenvalue weighted by Crippen LogP contribution is 2.48. The predicted molar refractivity (Wildman–Crippen MR) is 253 cm³/mol. The number of hydrogen-bond acceptors (Lipinski definition) is 14. The molecule has 22 heteroatoms. The third kappa shape index (κ3) is 5.65. The number of carbonyl (C=O) groups excluding carboxylic acids is 4. The maximum absolute atomic E-state index is 15.4. The van der Waals surface area contributed by atoms with Gasteiger partial charge in [0.15, 0.2) is 23.3 Å². The number of hydrogen-bond donors (Lipinski definition) is 3. The molecule has 3 N–H and O–H groups in total. The quantitative estimate of drug-likeness (QED) is 0.120. The van der Waals surface area contributed by atoms with Gasteiger partial charge in [-0.15, -0.1) is 0 Å². The average Bonchev–Trinajstić information content (AvgIpc) is 4.18. The van der Waals surface area contributed by atoms with Gasteiger partial charge in [0, 0.05) is 43.8 Å². The highest BCUT2D eigenvalue weighted by atomic mass is 32.2. The molecule has 4 aliphatic heterocycles. The van der Waals surface area contributed by atoms with E-state index in [1.807, 2.05) is 24.3 Å². The number of aromatic nitrogens is 8. The molecule has 7 heterocycles. The lowest BCUT2D eigenvalue weighted by atomic mass is 10.1. The highest BCUT2D eigenvalue weighted by Gasteiger charge is 2.69. The van der Waals surface area contributed by atoms with Crippen molar-refractivity contribution >= 4 is 88.0 Å². The van der Waals surface area contributed by atoms with Crippen molar-refractivity contribution in [2.75, 3.05) is 0 Å². The Kier molecular flexibility index (Phi) is 8.51. The lowest BCUT2D eigenvalue weighted by Gasteiger charge is -2.43. The summed E-state index contributed by atoms with van der Waals surface area (Å²) in [5.41, 5.74) is -1.40. The van der Waals surface area contributed by atoms with Gasteiger partial charge >= 0.3 is 15.2 Å². The van der Waals surface area contributed by atoms with E-state index in [1.165, 1.54) is 36.4 Å². The SMILES string of the molecule is O=C1c2ccccc2C(=O)N1C(N1C(=O)c2cccc(S(=O)(=O)O)c2C1=O)(n1c2nc3nc(nc4[nH]c(nc5nc(nc1c1ccccc12)-c1ccccc1-5)c1ccccc41)-c1ccccc1-3)S(=O)(=O)O. The van der Waals surface area contributed by atoms with Crippen LogP contribution in [0.5, 0.6) is 0 Å². The zero-order valence-corrected chi connectivity index (χ0v) is 37.4. The van der Waals surface area contributed by atoms with E-state index in [9.17, 15) is 17.5 Å². The summed E-state index contributed by atoms with van der Waals surface area (Å²) < 4.78 is 79.9. The summed E-state index contributed by atoms with van der Waals surface area (Å²) in [6.45, 7) is 0. The summed E-state index contributed by atoms with van der Waals surface area (Å²) in [6.07, 6.45) is 0. The van der Waals surface area contributed by atoms with Crippen molar-refractivity contribution in [3.8, 4) is 45.6 Å². The Balaban J connectivity index is 1.29. The summed E-state index contributed by atoms with van der Waals surface area (Å²) in [4.78, 5) is 92.6. The van der Waals surface area contributed by atoms with Crippen molar-refractivity contribution in [1.82, 2.24) is 49.3 Å². The van der Waals surface area contributed by atoms with Crippen molar-refractivity contribution in [1.29, 1.82) is 0 Å². The van der Waals surface area contributed by atoms with Crippen molar-refractivity contribution < 1.29 is 45.1 Å². The van der Waals surface area contributed by atoms with Crippen molar-refractivity contribution in [3.63, 3.8) is 0 Å².